The Morgan fingerprint density at radius 1 is 1.50 bits per heavy atom. The molecule has 0 heterocycles. The first-order valence-electron chi connectivity index (χ1n) is 6.55. The molecule has 1 fully saturated rings. The first-order valence-corrected chi connectivity index (χ1v) is 6.55. The van der Waals surface area contributed by atoms with Gasteiger partial charge in [-0.15, -0.1) is 0 Å². The van der Waals surface area contributed by atoms with Crippen molar-refractivity contribution in [2.24, 2.45) is 11.1 Å². The minimum Gasteiger partial charge on any atom is -0.327 e. The molecule has 0 saturated heterocycles. The molecule has 2 atom stereocenters. The van der Waals surface area contributed by atoms with Crippen LogP contribution in [0.3, 0.4) is 0 Å². The van der Waals surface area contributed by atoms with E-state index in [2.05, 4.69) is 0 Å². The Bertz CT molecular complexity index is 458. The molecule has 18 heavy (non-hydrogen) atoms. The van der Waals surface area contributed by atoms with E-state index in [0.29, 0.717) is 0 Å². The van der Waals surface area contributed by atoms with E-state index in [-0.39, 0.29) is 11.9 Å². The third-order valence-corrected chi connectivity index (χ3v) is 4.21. The number of carbonyl (C=O) groups is 1. The van der Waals surface area contributed by atoms with Gasteiger partial charge in [0.2, 0.25) is 5.91 Å². The van der Waals surface area contributed by atoms with E-state index in [1.54, 1.807) is 4.90 Å². The molecule has 1 aromatic rings. The van der Waals surface area contributed by atoms with Crippen molar-refractivity contribution in [3.63, 3.8) is 0 Å². The molecule has 1 aliphatic carbocycles. The summed E-state index contributed by atoms with van der Waals surface area (Å²) in [6, 6.07) is 7.99. The number of aryl methyl sites for hydroxylation is 1. The number of rotatable bonds is 2. The van der Waals surface area contributed by atoms with Crippen LogP contribution in [0.2, 0.25) is 0 Å². The van der Waals surface area contributed by atoms with Gasteiger partial charge in [-0.3, -0.25) is 4.79 Å². The molecule has 1 aromatic carbocycles. The minimum atomic E-state index is -0.404. The summed E-state index contributed by atoms with van der Waals surface area (Å²) in [4.78, 5) is 14.4. The molecule has 0 aromatic heterocycles. The summed E-state index contributed by atoms with van der Waals surface area (Å²) in [6.07, 6.45) is 2.89. The normalized spacial score (nSPS) is 27.2. The molecule has 98 valence electrons. The van der Waals surface area contributed by atoms with Gasteiger partial charge in [0.15, 0.2) is 0 Å². The summed E-state index contributed by atoms with van der Waals surface area (Å²) in [5.41, 5.74) is 7.81. The lowest BCUT2D eigenvalue weighted by Crippen LogP contribution is -2.48. The molecule has 1 amide bonds. The first kappa shape index (κ1) is 13.1. The van der Waals surface area contributed by atoms with Gasteiger partial charge >= 0.3 is 0 Å². The van der Waals surface area contributed by atoms with Crippen molar-refractivity contribution in [3.05, 3.63) is 29.8 Å². The van der Waals surface area contributed by atoms with Crippen molar-refractivity contribution in [2.75, 3.05) is 11.9 Å². The Morgan fingerprint density at radius 2 is 2.22 bits per heavy atom. The quantitative estimate of drug-likeness (QED) is 0.871. The Hall–Kier alpha value is -1.35. The lowest BCUT2D eigenvalue weighted by atomic mass is 9.83. The summed E-state index contributed by atoms with van der Waals surface area (Å²) in [5.74, 6) is 0.137. The molecule has 3 heteroatoms. The lowest BCUT2D eigenvalue weighted by molar-refractivity contribution is -0.127. The van der Waals surface area contributed by atoms with Crippen molar-refractivity contribution in [2.45, 2.75) is 39.2 Å². The zero-order valence-electron chi connectivity index (χ0n) is 11.4. The molecule has 0 aliphatic heterocycles. The van der Waals surface area contributed by atoms with Crippen molar-refractivity contribution in [1.29, 1.82) is 0 Å². The third kappa shape index (κ3) is 2.15. The van der Waals surface area contributed by atoms with Gasteiger partial charge < -0.3 is 10.6 Å². The zero-order chi connectivity index (χ0) is 13.3. The van der Waals surface area contributed by atoms with E-state index in [4.69, 9.17) is 5.73 Å². The predicted molar refractivity (Wildman–Crippen MR) is 74.5 cm³/mol. The van der Waals surface area contributed by atoms with Crippen molar-refractivity contribution in [1.82, 2.24) is 0 Å². The van der Waals surface area contributed by atoms with Crippen LogP contribution in [0.5, 0.6) is 0 Å². The van der Waals surface area contributed by atoms with Crippen LogP contribution in [0.15, 0.2) is 24.3 Å². The number of nitrogens with two attached hydrogens (primary N) is 1. The monoisotopic (exact) mass is 246 g/mol. The van der Waals surface area contributed by atoms with E-state index in [1.807, 2.05) is 45.2 Å². The number of carbonyl (C=O) groups excluding carboxylic acids is 1. The second-order valence-corrected chi connectivity index (χ2v) is 5.62. The van der Waals surface area contributed by atoms with Gasteiger partial charge in [0.1, 0.15) is 0 Å². The first-order chi connectivity index (χ1) is 8.45. The summed E-state index contributed by atoms with van der Waals surface area (Å²) in [6.45, 7) is 4.03. The standard InChI is InChI=1S/C15H22N2O/c1-11-6-4-7-12(10-11)17(3)14(18)15(2)9-5-8-13(15)16/h4,6-7,10,13H,5,8-9,16H2,1-3H3. The molecule has 2 rings (SSSR count). The Morgan fingerprint density at radius 3 is 2.78 bits per heavy atom. The highest BCUT2D eigenvalue weighted by Gasteiger charge is 2.44. The Kier molecular flexibility index (Phi) is 3.44. The molecular weight excluding hydrogens is 224 g/mol. The topological polar surface area (TPSA) is 46.3 Å². The van der Waals surface area contributed by atoms with Gasteiger partial charge in [0.05, 0.1) is 5.41 Å². The average Bonchev–Trinajstić information content (AvgIpc) is 2.69. The summed E-state index contributed by atoms with van der Waals surface area (Å²) in [7, 11) is 1.84. The van der Waals surface area contributed by atoms with Gasteiger partial charge in [-0.05, 0) is 44.4 Å². The van der Waals surface area contributed by atoms with Gasteiger partial charge in [-0.25, -0.2) is 0 Å². The highest BCUT2D eigenvalue weighted by molar-refractivity contribution is 5.97. The van der Waals surface area contributed by atoms with E-state index < -0.39 is 5.41 Å². The summed E-state index contributed by atoms with van der Waals surface area (Å²) >= 11 is 0. The predicted octanol–water partition coefficient (Wildman–Crippen LogP) is 2.48. The molecule has 1 aliphatic rings. The molecule has 3 nitrogen and oxygen atoms in total. The van der Waals surface area contributed by atoms with Crippen molar-refractivity contribution < 1.29 is 4.79 Å². The minimum absolute atomic E-state index is 0.0164. The van der Waals surface area contributed by atoms with Gasteiger partial charge in [-0.2, -0.15) is 0 Å². The number of hydrogen-bond acceptors (Lipinski definition) is 2. The van der Waals surface area contributed by atoms with Gasteiger partial charge in [0, 0.05) is 18.8 Å². The SMILES string of the molecule is Cc1cccc(N(C)C(=O)C2(C)CCCC2N)c1. The van der Waals surface area contributed by atoms with Crippen molar-refractivity contribution in [3.8, 4) is 0 Å². The highest BCUT2D eigenvalue weighted by atomic mass is 16.2. The number of hydrogen-bond donors (Lipinski definition) is 1. The van der Waals surface area contributed by atoms with Crippen LogP contribution < -0.4 is 10.6 Å². The number of amides is 1. The Balaban J connectivity index is 2.24. The van der Waals surface area contributed by atoms with E-state index in [9.17, 15) is 4.79 Å². The number of benzene rings is 1. The fourth-order valence-corrected chi connectivity index (χ4v) is 2.80. The van der Waals surface area contributed by atoms with E-state index in [0.717, 1.165) is 30.5 Å². The second kappa shape index (κ2) is 4.73. The van der Waals surface area contributed by atoms with Gasteiger partial charge in [-0.1, -0.05) is 18.6 Å². The van der Waals surface area contributed by atoms with E-state index >= 15 is 0 Å². The van der Waals surface area contributed by atoms with Gasteiger partial charge in [0.25, 0.3) is 0 Å². The van der Waals surface area contributed by atoms with Crippen LogP contribution >= 0.6 is 0 Å². The molecule has 2 N–H and O–H groups in total. The van der Waals surface area contributed by atoms with Crippen LogP contribution in [-0.4, -0.2) is 19.0 Å². The lowest BCUT2D eigenvalue weighted by Gasteiger charge is -2.32. The van der Waals surface area contributed by atoms with Crippen LogP contribution in [0, 0.1) is 12.3 Å². The molecular formula is C15H22N2O. The maximum Gasteiger partial charge on any atom is 0.234 e. The second-order valence-electron chi connectivity index (χ2n) is 5.62. The summed E-state index contributed by atoms with van der Waals surface area (Å²) in [5, 5.41) is 0. The average molecular weight is 246 g/mol. The molecule has 0 radical (unpaired) electrons. The van der Waals surface area contributed by atoms with Crippen LogP contribution in [0.25, 0.3) is 0 Å². The zero-order valence-corrected chi connectivity index (χ0v) is 11.4. The molecule has 0 spiro atoms. The molecule has 2 unspecified atom stereocenters. The fourth-order valence-electron chi connectivity index (χ4n) is 2.80. The fraction of sp³-hybridized carbons (Fsp3) is 0.533. The largest absolute Gasteiger partial charge is 0.327 e. The summed E-state index contributed by atoms with van der Waals surface area (Å²) < 4.78 is 0. The molecule has 1 saturated carbocycles. The van der Waals surface area contributed by atoms with Crippen molar-refractivity contribution >= 4 is 11.6 Å². The van der Waals surface area contributed by atoms with E-state index in [1.165, 1.54) is 0 Å². The maximum absolute atomic E-state index is 12.6. The molecule has 0 bridgehead atoms. The van der Waals surface area contributed by atoms with Crippen LogP contribution in [0.4, 0.5) is 5.69 Å². The van der Waals surface area contributed by atoms with Crippen LogP contribution in [0.1, 0.15) is 31.7 Å². The number of anilines is 1. The highest BCUT2D eigenvalue weighted by Crippen LogP contribution is 2.39. The Labute approximate surface area is 109 Å². The maximum atomic E-state index is 12.6. The smallest absolute Gasteiger partial charge is 0.234 e. The number of nitrogens with zero attached hydrogens (tertiary/aromatic N) is 1. The third-order valence-electron chi connectivity index (χ3n) is 4.21. The van der Waals surface area contributed by atoms with Crippen LogP contribution in [-0.2, 0) is 4.79 Å².